The van der Waals surface area contributed by atoms with Gasteiger partial charge in [0.15, 0.2) is 0 Å². The Bertz CT molecular complexity index is 353. The fourth-order valence-corrected chi connectivity index (χ4v) is 2.64. The number of rotatable bonds is 7. The molecule has 1 aromatic rings. The summed E-state index contributed by atoms with van der Waals surface area (Å²) < 4.78 is 11.4. The first-order valence-electron chi connectivity index (χ1n) is 7.62. The molecule has 0 atom stereocenters. The molecule has 3 heteroatoms. The minimum atomic E-state index is 0.492. The van der Waals surface area contributed by atoms with Crippen LogP contribution in [0.3, 0.4) is 0 Å². The van der Waals surface area contributed by atoms with Crippen LogP contribution in [0, 0.1) is 5.92 Å². The number of furan rings is 1. The van der Waals surface area contributed by atoms with E-state index < -0.39 is 0 Å². The van der Waals surface area contributed by atoms with Gasteiger partial charge in [0.2, 0.25) is 0 Å². The first-order valence-corrected chi connectivity index (χ1v) is 7.62. The zero-order valence-electron chi connectivity index (χ0n) is 12.3. The van der Waals surface area contributed by atoms with E-state index in [0.29, 0.717) is 12.6 Å². The third kappa shape index (κ3) is 5.00. The van der Waals surface area contributed by atoms with Crippen LogP contribution in [0.25, 0.3) is 0 Å². The molecular formula is C16H27NO2. The Morgan fingerprint density at radius 3 is 2.84 bits per heavy atom. The van der Waals surface area contributed by atoms with Gasteiger partial charge in [-0.3, -0.25) is 0 Å². The molecule has 0 saturated heterocycles. The molecular weight excluding hydrogens is 238 g/mol. The van der Waals surface area contributed by atoms with E-state index in [-0.39, 0.29) is 0 Å². The Balaban J connectivity index is 1.71. The van der Waals surface area contributed by atoms with E-state index in [1.807, 2.05) is 6.07 Å². The predicted molar refractivity (Wildman–Crippen MR) is 76.9 cm³/mol. The summed E-state index contributed by atoms with van der Waals surface area (Å²) >= 11 is 0. The van der Waals surface area contributed by atoms with Crippen LogP contribution in [-0.4, -0.2) is 12.6 Å². The molecule has 0 spiro atoms. The van der Waals surface area contributed by atoms with Crippen LogP contribution in [0.4, 0.5) is 0 Å². The molecule has 108 valence electrons. The predicted octanol–water partition coefficient (Wildman–Crippen LogP) is 3.87. The molecule has 2 rings (SSSR count). The molecule has 1 aliphatic rings. The van der Waals surface area contributed by atoms with E-state index >= 15 is 0 Å². The Kier molecular flexibility index (Phi) is 5.93. The van der Waals surface area contributed by atoms with E-state index in [9.17, 15) is 0 Å². The van der Waals surface area contributed by atoms with Gasteiger partial charge >= 0.3 is 0 Å². The summed E-state index contributed by atoms with van der Waals surface area (Å²) in [6.45, 7) is 6.66. The van der Waals surface area contributed by atoms with Crippen LogP contribution >= 0.6 is 0 Å². The highest BCUT2D eigenvalue weighted by Crippen LogP contribution is 2.24. The van der Waals surface area contributed by atoms with Gasteiger partial charge in [-0.2, -0.15) is 0 Å². The Hall–Kier alpha value is -0.800. The van der Waals surface area contributed by atoms with Crippen LogP contribution in [-0.2, 0) is 17.9 Å². The van der Waals surface area contributed by atoms with Gasteiger partial charge in [-0.15, -0.1) is 0 Å². The maximum Gasteiger partial charge on any atom is 0.133 e. The molecule has 1 aliphatic carbocycles. The first kappa shape index (κ1) is 14.6. The van der Waals surface area contributed by atoms with Crippen molar-refractivity contribution in [3.05, 3.63) is 23.7 Å². The van der Waals surface area contributed by atoms with Crippen LogP contribution < -0.4 is 5.32 Å². The van der Waals surface area contributed by atoms with Gasteiger partial charge in [0.25, 0.3) is 0 Å². The van der Waals surface area contributed by atoms with Gasteiger partial charge in [0.05, 0.1) is 6.26 Å². The molecule has 1 heterocycles. The van der Waals surface area contributed by atoms with Crippen molar-refractivity contribution in [2.75, 3.05) is 6.61 Å². The number of hydrogen-bond acceptors (Lipinski definition) is 3. The molecule has 0 aromatic carbocycles. The average molecular weight is 265 g/mol. The van der Waals surface area contributed by atoms with Gasteiger partial charge < -0.3 is 14.5 Å². The highest BCUT2D eigenvalue weighted by atomic mass is 16.5. The molecule has 0 radical (unpaired) electrons. The van der Waals surface area contributed by atoms with Crippen molar-refractivity contribution < 1.29 is 9.15 Å². The summed E-state index contributed by atoms with van der Waals surface area (Å²) in [4.78, 5) is 0. The van der Waals surface area contributed by atoms with Crippen molar-refractivity contribution in [3.8, 4) is 0 Å². The van der Waals surface area contributed by atoms with Gasteiger partial charge in [-0.05, 0) is 24.8 Å². The average Bonchev–Trinajstić information content (AvgIpc) is 2.85. The lowest BCUT2D eigenvalue weighted by molar-refractivity contribution is 0.0631. The van der Waals surface area contributed by atoms with E-state index in [1.165, 1.54) is 37.7 Å². The maximum absolute atomic E-state index is 5.84. The van der Waals surface area contributed by atoms with E-state index in [1.54, 1.807) is 6.26 Å². The largest absolute Gasteiger partial charge is 0.467 e. The minimum absolute atomic E-state index is 0.492. The second kappa shape index (κ2) is 7.71. The Morgan fingerprint density at radius 2 is 2.11 bits per heavy atom. The second-order valence-electron chi connectivity index (χ2n) is 5.92. The van der Waals surface area contributed by atoms with E-state index in [0.717, 1.165) is 24.8 Å². The van der Waals surface area contributed by atoms with E-state index in [4.69, 9.17) is 9.15 Å². The Labute approximate surface area is 116 Å². The normalized spacial score (nSPS) is 17.2. The second-order valence-corrected chi connectivity index (χ2v) is 5.92. The highest BCUT2D eigenvalue weighted by Gasteiger charge is 2.14. The van der Waals surface area contributed by atoms with Gasteiger partial charge in [-0.1, -0.05) is 33.1 Å². The molecule has 1 saturated carbocycles. The lowest BCUT2D eigenvalue weighted by Crippen LogP contribution is -2.22. The monoisotopic (exact) mass is 265 g/mol. The van der Waals surface area contributed by atoms with Crippen LogP contribution in [0.5, 0.6) is 0 Å². The minimum Gasteiger partial charge on any atom is -0.467 e. The molecule has 1 N–H and O–H groups in total. The number of ether oxygens (including phenoxy) is 1. The van der Waals surface area contributed by atoms with Crippen molar-refractivity contribution in [3.63, 3.8) is 0 Å². The van der Waals surface area contributed by atoms with Gasteiger partial charge in [0, 0.05) is 24.8 Å². The van der Waals surface area contributed by atoms with Crippen molar-refractivity contribution in [2.45, 2.75) is 65.1 Å². The van der Waals surface area contributed by atoms with Crippen molar-refractivity contribution >= 4 is 0 Å². The smallest absolute Gasteiger partial charge is 0.133 e. The maximum atomic E-state index is 5.84. The van der Waals surface area contributed by atoms with E-state index in [2.05, 4.69) is 19.2 Å². The zero-order valence-corrected chi connectivity index (χ0v) is 12.3. The fourth-order valence-electron chi connectivity index (χ4n) is 2.64. The van der Waals surface area contributed by atoms with Crippen molar-refractivity contribution in [1.29, 1.82) is 0 Å². The standard InChI is InChI=1S/C16H27NO2/c1-13(2)17-10-15-8-9-19-16(15)12-18-11-14-6-4-3-5-7-14/h8-9,13-14,17H,3-7,10-12H2,1-2H3. The third-order valence-corrected chi connectivity index (χ3v) is 3.85. The van der Waals surface area contributed by atoms with Crippen molar-refractivity contribution in [2.24, 2.45) is 5.92 Å². The molecule has 0 unspecified atom stereocenters. The first-order chi connectivity index (χ1) is 9.25. The summed E-state index contributed by atoms with van der Waals surface area (Å²) in [5.41, 5.74) is 1.22. The number of nitrogens with one attached hydrogen (secondary N) is 1. The topological polar surface area (TPSA) is 34.4 Å². The molecule has 19 heavy (non-hydrogen) atoms. The Morgan fingerprint density at radius 1 is 1.32 bits per heavy atom. The summed E-state index contributed by atoms with van der Waals surface area (Å²) in [7, 11) is 0. The molecule has 1 fully saturated rings. The summed E-state index contributed by atoms with van der Waals surface area (Å²) in [6.07, 6.45) is 8.58. The van der Waals surface area contributed by atoms with Crippen LogP contribution in [0.15, 0.2) is 16.7 Å². The van der Waals surface area contributed by atoms with Gasteiger partial charge in [0.1, 0.15) is 12.4 Å². The lowest BCUT2D eigenvalue weighted by atomic mass is 9.90. The summed E-state index contributed by atoms with van der Waals surface area (Å²) in [5, 5.41) is 3.41. The zero-order chi connectivity index (χ0) is 13.5. The fraction of sp³-hybridized carbons (Fsp3) is 0.750. The quantitative estimate of drug-likeness (QED) is 0.812. The molecule has 0 bridgehead atoms. The molecule has 3 nitrogen and oxygen atoms in total. The van der Waals surface area contributed by atoms with Crippen LogP contribution in [0.1, 0.15) is 57.3 Å². The van der Waals surface area contributed by atoms with Crippen LogP contribution in [0.2, 0.25) is 0 Å². The van der Waals surface area contributed by atoms with Gasteiger partial charge in [-0.25, -0.2) is 0 Å². The highest BCUT2D eigenvalue weighted by molar-refractivity contribution is 5.16. The summed E-state index contributed by atoms with van der Waals surface area (Å²) in [6, 6.07) is 2.53. The molecule has 0 amide bonds. The van der Waals surface area contributed by atoms with Crippen molar-refractivity contribution in [1.82, 2.24) is 5.32 Å². The SMILES string of the molecule is CC(C)NCc1ccoc1COCC1CCCCC1. The number of hydrogen-bond donors (Lipinski definition) is 1. The molecule has 1 aromatic heterocycles. The third-order valence-electron chi connectivity index (χ3n) is 3.85. The lowest BCUT2D eigenvalue weighted by Gasteiger charge is -2.21. The summed E-state index contributed by atoms with van der Waals surface area (Å²) in [5.74, 6) is 1.74. The molecule has 0 aliphatic heterocycles.